The standard InChI is InChI=1S/C13H19ClN2O/c1-9(10-5-4-6-11(14)7-10)16-12(17)8-13(2,3)15/h4-7,9H,8,15H2,1-3H3,(H,16,17). The van der Waals surface area contributed by atoms with Gasteiger partial charge in [-0.1, -0.05) is 23.7 Å². The highest BCUT2D eigenvalue weighted by Gasteiger charge is 2.18. The molecule has 0 aliphatic carbocycles. The first-order chi connectivity index (χ1) is 7.78. The molecule has 0 aliphatic rings. The van der Waals surface area contributed by atoms with Gasteiger partial charge in [0.2, 0.25) is 5.91 Å². The third-order valence-electron chi connectivity index (χ3n) is 2.34. The minimum Gasteiger partial charge on any atom is -0.350 e. The summed E-state index contributed by atoms with van der Waals surface area (Å²) in [6.45, 7) is 5.58. The van der Waals surface area contributed by atoms with Crippen LogP contribution in [0.25, 0.3) is 0 Å². The molecule has 0 saturated heterocycles. The Balaban J connectivity index is 2.61. The largest absolute Gasteiger partial charge is 0.350 e. The first-order valence-electron chi connectivity index (χ1n) is 5.61. The van der Waals surface area contributed by atoms with Gasteiger partial charge in [0.05, 0.1) is 6.04 Å². The Labute approximate surface area is 107 Å². The number of nitrogens with one attached hydrogen (secondary N) is 1. The highest BCUT2D eigenvalue weighted by molar-refractivity contribution is 6.30. The minimum absolute atomic E-state index is 0.0509. The molecule has 0 saturated carbocycles. The predicted molar refractivity (Wildman–Crippen MR) is 70.9 cm³/mol. The van der Waals surface area contributed by atoms with Crippen LogP contribution in [-0.2, 0) is 4.79 Å². The van der Waals surface area contributed by atoms with Crippen molar-refractivity contribution in [2.45, 2.75) is 38.8 Å². The van der Waals surface area contributed by atoms with Crippen molar-refractivity contribution in [1.29, 1.82) is 0 Å². The zero-order valence-corrected chi connectivity index (χ0v) is 11.2. The number of halogens is 1. The molecule has 1 atom stereocenters. The molecule has 1 unspecified atom stereocenters. The van der Waals surface area contributed by atoms with Crippen LogP contribution in [0.4, 0.5) is 0 Å². The number of carbonyl (C=O) groups is 1. The van der Waals surface area contributed by atoms with E-state index in [0.29, 0.717) is 11.4 Å². The van der Waals surface area contributed by atoms with Crippen LogP contribution in [0.3, 0.4) is 0 Å². The second-order valence-electron chi connectivity index (χ2n) is 5.01. The summed E-state index contributed by atoms with van der Waals surface area (Å²) in [6, 6.07) is 7.39. The molecule has 0 radical (unpaired) electrons. The van der Waals surface area contributed by atoms with Crippen molar-refractivity contribution >= 4 is 17.5 Å². The zero-order valence-electron chi connectivity index (χ0n) is 10.5. The number of carbonyl (C=O) groups excluding carboxylic acids is 1. The minimum atomic E-state index is -0.488. The monoisotopic (exact) mass is 254 g/mol. The van der Waals surface area contributed by atoms with E-state index in [4.69, 9.17) is 17.3 Å². The third kappa shape index (κ3) is 5.20. The van der Waals surface area contributed by atoms with Crippen molar-refractivity contribution in [2.75, 3.05) is 0 Å². The van der Waals surface area contributed by atoms with Crippen LogP contribution in [0, 0.1) is 0 Å². The third-order valence-corrected chi connectivity index (χ3v) is 2.58. The van der Waals surface area contributed by atoms with Gasteiger partial charge >= 0.3 is 0 Å². The quantitative estimate of drug-likeness (QED) is 0.868. The molecule has 1 aromatic carbocycles. The summed E-state index contributed by atoms with van der Waals surface area (Å²) in [5, 5.41) is 3.57. The molecule has 94 valence electrons. The highest BCUT2D eigenvalue weighted by Crippen LogP contribution is 2.17. The van der Waals surface area contributed by atoms with E-state index in [9.17, 15) is 4.79 Å². The second kappa shape index (κ2) is 5.52. The lowest BCUT2D eigenvalue weighted by molar-refractivity contribution is -0.122. The summed E-state index contributed by atoms with van der Waals surface area (Å²) in [5.41, 5.74) is 6.29. The maximum atomic E-state index is 11.7. The average Bonchev–Trinajstić information content (AvgIpc) is 2.14. The molecule has 1 amide bonds. The normalized spacial score (nSPS) is 13.2. The number of nitrogens with two attached hydrogens (primary N) is 1. The number of hydrogen-bond acceptors (Lipinski definition) is 2. The van der Waals surface area contributed by atoms with Gasteiger partial charge in [-0.15, -0.1) is 0 Å². The fourth-order valence-corrected chi connectivity index (χ4v) is 1.76. The molecule has 17 heavy (non-hydrogen) atoms. The van der Waals surface area contributed by atoms with Gasteiger partial charge in [-0.2, -0.15) is 0 Å². The summed E-state index contributed by atoms with van der Waals surface area (Å²) in [5.74, 6) is -0.0509. The molecule has 0 aromatic heterocycles. The van der Waals surface area contributed by atoms with Gasteiger partial charge in [0.25, 0.3) is 0 Å². The molecule has 1 rings (SSSR count). The molecule has 0 heterocycles. The molecule has 0 fully saturated rings. The predicted octanol–water partition coefficient (Wildman–Crippen LogP) is 2.64. The van der Waals surface area contributed by atoms with Crippen LogP contribution in [0.15, 0.2) is 24.3 Å². The summed E-state index contributed by atoms with van der Waals surface area (Å²) in [6.07, 6.45) is 0.303. The van der Waals surface area contributed by atoms with Crippen molar-refractivity contribution in [3.05, 3.63) is 34.9 Å². The van der Waals surface area contributed by atoms with Gasteiger partial charge in [0, 0.05) is 17.0 Å². The van der Waals surface area contributed by atoms with Crippen LogP contribution in [0.5, 0.6) is 0 Å². The van der Waals surface area contributed by atoms with Gasteiger partial charge in [-0.05, 0) is 38.5 Å². The Hall–Kier alpha value is -1.06. The Kier molecular flexibility index (Phi) is 4.54. The van der Waals surface area contributed by atoms with Gasteiger partial charge in [-0.25, -0.2) is 0 Å². The van der Waals surface area contributed by atoms with E-state index >= 15 is 0 Å². The molecule has 0 aliphatic heterocycles. The lowest BCUT2D eigenvalue weighted by Crippen LogP contribution is -2.39. The van der Waals surface area contributed by atoms with Crippen molar-refractivity contribution < 1.29 is 4.79 Å². The Morgan fingerprint density at radius 2 is 2.18 bits per heavy atom. The first-order valence-corrected chi connectivity index (χ1v) is 5.99. The molecule has 0 spiro atoms. The van der Waals surface area contributed by atoms with Crippen LogP contribution < -0.4 is 11.1 Å². The molecule has 1 aromatic rings. The van der Waals surface area contributed by atoms with E-state index in [0.717, 1.165) is 5.56 Å². The molecule has 0 bridgehead atoms. The van der Waals surface area contributed by atoms with Crippen molar-refractivity contribution in [3.63, 3.8) is 0 Å². The fourth-order valence-electron chi connectivity index (χ4n) is 1.57. The number of amides is 1. The average molecular weight is 255 g/mol. The lowest BCUT2D eigenvalue weighted by atomic mass is 10.0. The van der Waals surface area contributed by atoms with Crippen molar-refractivity contribution in [1.82, 2.24) is 5.32 Å². The molecular weight excluding hydrogens is 236 g/mol. The van der Waals surface area contributed by atoms with E-state index in [2.05, 4.69) is 5.32 Å². The Morgan fingerprint density at radius 1 is 1.53 bits per heavy atom. The SMILES string of the molecule is CC(NC(=O)CC(C)(C)N)c1cccc(Cl)c1. The first kappa shape index (κ1) is 14.0. The van der Waals surface area contributed by atoms with E-state index in [1.807, 2.05) is 45.0 Å². The van der Waals surface area contributed by atoms with Crippen LogP contribution in [-0.4, -0.2) is 11.4 Å². The number of hydrogen-bond donors (Lipinski definition) is 2. The molecule has 4 heteroatoms. The van der Waals surface area contributed by atoms with Gasteiger partial charge in [0.15, 0.2) is 0 Å². The molecule has 3 N–H and O–H groups in total. The van der Waals surface area contributed by atoms with E-state index in [1.54, 1.807) is 0 Å². The van der Waals surface area contributed by atoms with Gasteiger partial charge < -0.3 is 11.1 Å². The molecule has 3 nitrogen and oxygen atoms in total. The van der Waals surface area contributed by atoms with Gasteiger partial charge in [0.1, 0.15) is 0 Å². The summed E-state index contributed by atoms with van der Waals surface area (Å²) in [4.78, 5) is 11.7. The smallest absolute Gasteiger partial charge is 0.222 e. The Bertz CT molecular complexity index is 399. The van der Waals surface area contributed by atoms with Gasteiger partial charge in [-0.3, -0.25) is 4.79 Å². The Morgan fingerprint density at radius 3 is 2.71 bits per heavy atom. The fraction of sp³-hybridized carbons (Fsp3) is 0.462. The van der Waals surface area contributed by atoms with Crippen LogP contribution in [0.2, 0.25) is 5.02 Å². The topological polar surface area (TPSA) is 55.1 Å². The summed E-state index contributed by atoms with van der Waals surface area (Å²) < 4.78 is 0. The van der Waals surface area contributed by atoms with Crippen molar-refractivity contribution in [3.8, 4) is 0 Å². The second-order valence-corrected chi connectivity index (χ2v) is 5.45. The van der Waals surface area contributed by atoms with Crippen molar-refractivity contribution in [2.24, 2.45) is 5.73 Å². The summed E-state index contributed by atoms with van der Waals surface area (Å²) in [7, 11) is 0. The summed E-state index contributed by atoms with van der Waals surface area (Å²) >= 11 is 5.90. The van der Waals surface area contributed by atoms with E-state index in [1.165, 1.54) is 0 Å². The lowest BCUT2D eigenvalue weighted by Gasteiger charge is -2.20. The van der Waals surface area contributed by atoms with Crippen LogP contribution in [0.1, 0.15) is 38.8 Å². The highest BCUT2D eigenvalue weighted by atomic mass is 35.5. The number of benzene rings is 1. The number of rotatable bonds is 4. The van der Waals surface area contributed by atoms with Crippen LogP contribution >= 0.6 is 11.6 Å². The zero-order chi connectivity index (χ0) is 13.1. The van der Waals surface area contributed by atoms with E-state index < -0.39 is 5.54 Å². The van der Waals surface area contributed by atoms with E-state index in [-0.39, 0.29) is 11.9 Å². The molecular formula is C13H19ClN2O. The maximum absolute atomic E-state index is 11.7. The maximum Gasteiger partial charge on any atom is 0.222 e.